The Bertz CT molecular complexity index is 773. The number of nitrogens with one attached hydrogen (secondary N) is 1. The Balaban J connectivity index is 1.72. The topological polar surface area (TPSA) is 29.9 Å². The molecule has 2 aromatic carbocycles. The van der Waals surface area contributed by atoms with Crippen LogP contribution in [-0.4, -0.2) is 15.8 Å². The summed E-state index contributed by atoms with van der Waals surface area (Å²) in [5, 5.41) is 3.41. The number of hydrogen-bond acceptors (Lipinski definition) is 3. The second kappa shape index (κ2) is 6.92. The van der Waals surface area contributed by atoms with Gasteiger partial charge in [-0.15, -0.1) is 11.8 Å². The largest absolute Gasteiger partial charge is 0.352 e. The van der Waals surface area contributed by atoms with Gasteiger partial charge in [0.1, 0.15) is 0 Å². The van der Waals surface area contributed by atoms with Crippen molar-refractivity contribution in [1.82, 2.24) is 9.55 Å². The van der Waals surface area contributed by atoms with Crippen LogP contribution >= 0.6 is 11.8 Å². The van der Waals surface area contributed by atoms with Gasteiger partial charge >= 0.3 is 0 Å². The lowest BCUT2D eigenvalue weighted by Gasteiger charge is -2.09. The number of aromatic nitrogens is 2. The zero-order chi connectivity index (χ0) is 16.2. The third-order valence-corrected chi connectivity index (χ3v) is 4.69. The van der Waals surface area contributed by atoms with E-state index >= 15 is 0 Å². The van der Waals surface area contributed by atoms with Crippen molar-refractivity contribution < 1.29 is 0 Å². The Kier molecular flexibility index (Phi) is 4.72. The highest BCUT2D eigenvalue weighted by atomic mass is 32.2. The summed E-state index contributed by atoms with van der Waals surface area (Å²) in [7, 11) is 2.04. The van der Waals surface area contributed by atoms with Crippen molar-refractivity contribution >= 4 is 17.7 Å². The van der Waals surface area contributed by atoms with E-state index in [1.165, 1.54) is 21.6 Å². The first-order chi connectivity index (χ1) is 11.2. The molecule has 3 nitrogen and oxygen atoms in total. The number of nitrogens with zero attached hydrogens (tertiary/aromatic N) is 2. The molecule has 0 fully saturated rings. The van der Waals surface area contributed by atoms with Crippen LogP contribution in [0.25, 0.3) is 11.3 Å². The lowest BCUT2D eigenvalue weighted by molar-refractivity contribution is 0.906. The van der Waals surface area contributed by atoms with Crippen molar-refractivity contribution in [3.8, 4) is 11.3 Å². The number of thioether (sulfide) groups is 1. The number of benzene rings is 2. The van der Waals surface area contributed by atoms with Gasteiger partial charge < -0.3 is 9.88 Å². The molecule has 0 spiro atoms. The summed E-state index contributed by atoms with van der Waals surface area (Å²) in [5.41, 5.74) is 4.82. The fourth-order valence-corrected chi connectivity index (χ4v) is 2.90. The number of anilines is 1. The minimum Gasteiger partial charge on any atom is -0.352 e. The summed E-state index contributed by atoms with van der Waals surface area (Å²) < 4.78 is 2.10. The van der Waals surface area contributed by atoms with E-state index in [1.54, 1.807) is 11.8 Å². The second-order valence-electron chi connectivity index (χ2n) is 5.59. The Hall–Kier alpha value is -2.20. The fraction of sp³-hybridized carbons (Fsp3) is 0.211. The molecule has 3 rings (SSSR count). The summed E-state index contributed by atoms with van der Waals surface area (Å²) >= 11 is 1.76. The van der Waals surface area contributed by atoms with Gasteiger partial charge in [0.15, 0.2) is 0 Å². The molecule has 1 heterocycles. The molecular formula is C19H21N3S. The molecule has 118 valence electrons. The normalized spacial score (nSPS) is 10.7. The van der Waals surface area contributed by atoms with E-state index < -0.39 is 0 Å². The first-order valence-electron chi connectivity index (χ1n) is 7.63. The van der Waals surface area contributed by atoms with Crippen molar-refractivity contribution in [2.45, 2.75) is 18.4 Å². The lowest BCUT2D eigenvalue weighted by atomic mass is 10.1. The molecule has 0 radical (unpaired) electrons. The monoisotopic (exact) mass is 323 g/mol. The average Bonchev–Trinajstić information content (AvgIpc) is 2.95. The molecule has 0 saturated heterocycles. The van der Waals surface area contributed by atoms with Gasteiger partial charge in [0, 0.05) is 18.5 Å². The van der Waals surface area contributed by atoms with Gasteiger partial charge in [-0.05, 0) is 36.4 Å². The molecule has 0 amide bonds. The van der Waals surface area contributed by atoms with Gasteiger partial charge in [-0.3, -0.25) is 0 Å². The van der Waals surface area contributed by atoms with Crippen LogP contribution < -0.4 is 5.32 Å². The van der Waals surface area contributed by atoms with Gasteiger partial charge in [0.25, 0.3) is 0 Å². The molecule has 3 aromatic rings. The Morgan fingerprint density at radius 2 is 1.74 bits per heavy atom. The zero-order valence-corrected chi connectivity index (χ0v) is 14.5. The molecule has 0 aliphatic heterocycles. The smallest absolute Gasteiger partial charge is 0.203 e. The van der Waals surface area contributed by atoms with Crippen LogP contribution in [-0.2, 0) is 13.6 Å². The number of hydrogen-bond donors (Lipinski definition) is 1. The van der Waals surface area contributed by atoms with Crippen molar-refractivity contribution in [2.24, 2.45) is 7.05 Å². The van der Waals surface area contributed by atoms with Crippen molar-refractivity contribution in [1.29, 1.82) is 0 Å². The van der Waals surface area contributed by atoms with Crippen LogP contribution in [0.1, 0.15) is 11.1 Å². The summed E-state index contributed by atoms with van der Waals surface area (Å²) in [4.78, 5) is 5.80. The number of aryl methyl sites for hydroxylation is 1. The van der Waals surface area contributed by atoms with Crippen LogP contribution in [0.15, 0.2) is 59.6 Å². The standard InChI is InChI=1S/C19H21N3S/c1-14-4-8-16(9-5-14)18-13-21-19(22(18)2)20-12-15-6-10-17(23-3)11-7-15/h4-11,13H,12H2,1-3H3,(H,20,21). The van der Waals surface area contributed by atoms with Crippen molar-refractivity contribution in [3.63, 3.8) is 0 Å². The maximum absolute atomic E-state index is 4.51. The molecule has 0 atom stereocenters. The van der Waals surface area contributed by atoms with Crippen LogP contribution in [0, 0.1) is 6.92 Å². The van der Waals surface area contributed by atoms with Crippen LogP contribution in [0.5, 0.6) is 0 Å². The molecule has 4 heteroatoms. The summed E-state index contributed by atoms with van der Waals surface area (Å²) in [6, 6.07) is 17.1. The van der Waals surface area contributed by atoms with Gasteiger partial charge in [0.05, 0.1) is 11.9 Å². The highest BCUT2D eigenvalue weighted by Gasteiger charge is 2.08. The van der Waals surface area contributed by atoms with E-state index in [1.807, 2.05) is 13.2 Å². The fourth-order valence-electron chi connectivity index (χ4n) is 2.49. The molecule has 23 heavy (non-hydrogen) atoms. The van der Waals surface area contributed by atoms with E-state index in [4.69, 9.17) is 0 Å². The quantitative estimate of drug-likeness (QED) is 0.688. The second-order valence-corrected chi connectivity index (χ2v) is 6.47. The first-order valence-corrected chi connectivity index (χ1v) is 8.85. The van der Waals surface area contributed by atoms with E-state index in [-0.39, 0.29) is 0 Å². The predicted octanol–water partition coefficient (Wildman–Crippen LogP) is 4.73. The van der Waals surface area contributed by atoms with E-state index in [0.29, 0.717) is 0 Å². The maximum atomic E-state index is 4.51. The third kappa shape index (κ3) is 3.59. The van der Waals surface area contributed by atoms with Gasteiger partial charge in [-0.25, -0.2) is 4.98 Å². The lowest BCUT2D eigenvalue weighted by Crippen LogP contribution is -2.05. The maximum Gasteiger partial charge on any atom is 0.203 e. The molecule has 0 aliphatic carbocycles. The number of rotatable bonds is 5. The Morgan fingerprint density at radius 3 is 2.39 bits per heavy atom. The highest BCUT2D eigenvalue weighted by Crippen LogP contribution is 2.22. The zero-order valence-electron chi connectivity index (χ0n) is 13.7. The molecule has 0 unspecified atom stereocenters. The Morgan fingerprint density at radius 1 is 1.04 bits per heavy atom. The highest BCUT2D eigenvalue weighted by molar-refractivity contribution is 7.98. The van der Waals surface area contributed by atoms with Gasteiger partial charge in [-0.2, -0.15) is 0 Å². The Labute approximate surface area is 141 Å². The van der Waals surface area contributed by atoms with Crippen LogP contribution in [0.4, 0.5) is 5.95 Å². The third-order valence-electron chi connectivity index (χ3n) is 3.95. The van der Waals surface area contributed by atoms with Gasteiger partial charge in [0.2, 0.25) is 5.95 Å². The van der Waals surface area contributed by atoms with E-state index in [9.17, 15) is 0 Å². The first kappa shape index (κ1) is 15.7. The van der Waals surface area contributed by atoms with E-state index in [0.717, 1.165) is 18.2 Å². The summed E-state index contributed by atoms with van der Waals surface area (Å²) in [6.07, 6.45) is 4.01. The molecule has 0 bridgehead atoms. The van der Waals surface area contributed by atoms with E-state index in [2.05, 4.69) is 76.6 Å². The average molecular weight is 323 g/mol. The molecule has 0 aliphatic rings. The molecule has 1 N–H and O–H groups in total. The summed E-state index contributed by atoms with van der Waals surface area (Å²) in [5.74, 6) is 0.884. The summed E-state index contributed by atoms with van der Waals surface area (Å²) in [6.45, 7) is 2.87. The predicted molar refractivity (Wildman–Crippen MR) is 98.9 cm³/mol. The SMILES string of the molecule is CSc1ccc(CNc2ncc(-c3ccc(C)cc3)n2C)cc1. The molecule has 0 saturated carbocycles. The minimum absolute atomic E-state index is 0.771. The van der Waals surface area contributed by atoms with Crippen molar-refractivity contribution in [2.75, 3.05) is 11.6 Å². The van der Waals surface area contributed by atoms with Crippen LogP contribution in [0.3, 0.4) is 0 Å². The van der Waals surface area contributed by atoms with Crippen molar-refractivity contribution in [3.05, 3.63) is 65.9 Å². The molecule has 1 aromatic heterocycles. The number of imidazole rings is 1. The van der Waals surface area contributed by atoms with Crippen LogP contribution in [0.2, 0.25) is 0 Å². The molecular weight excluding hydrogens is 302 g/mol. The van der Waals surface area contributed by atoms with Gasteiger partial charge in [-0.1, -0.05) is 42.0 Å². The minimum atomic E-state index is 0.771.